The number of rotatable bonds is 5. The molecule has 0 aromatic heterocycles. The van der Waals surface area contributed by atoms with Gasteiger partial charge in [-0.1, -0.05) is 41.9 Å². The van der Waals surface area contributed by atoms with E-state index in [4.69, 9.17) is 35.6 Å². The molecule has 5 rings (SSSR count). The summed E-state index contributed by atoms with van der Waals surface area (Å²) in [6.45, 7) is 0. The smallest absolute Gasteiger partial charge is 0.217 e. The third kappa shape index (κ3) is 3.31. The van der Waals surface area contributed by atoms with Crippen LogP contribution in [-0.2, 0) is 0 Å². The van der Waals surface area contributed by atoms with Crippen molar-refractivity contribution in [3.05, 3.63) is 82.4 Å². The Kier molecular flexibility index (Phi) is 5.31. The van der Waals surface area contributed by atoms with E-state index < -0.39 is 6.23 Å². The van der Waals surface area contributed by atoms with Crippen LogP contribution in [0.1, 0.15) is 35.4 Å². The van der Waals surface area contributed by atoms with E-state index in [1.807, 2.05) is 59.6 Å². The topological polar surface area (TPSA) is 52.5 Å². The highest BCUT2D eigenvalue weighted by Gasteiger charge is 2.42. The molecule has 2 heterocycles. The van der Waals surface area contributed by atoms with Crippen molar-refractivity contribution in [3.8, 4) is 23.0 Å². The standard InChI is InChI=1S/C25H23ClN2O4/c1-29-22-13-12-18(23(30-2)24(22)31-3)25-28-20(17-6-4-5-7-21(17)32-25)14-19(27-28)15-8-10-16(26)11-9-15/h4-13,20,25H,14H2,1-3H3/t20-,25-/m0/s1. The van der Waals surface area contributed by atoms with Gasteiger partial charge in [-0.15, -0.1) is 0 Å². The number of fused-ring (bicyclic) bond motifs is 3. The van der Waals surface area contributed by atoms with Crippen LogP contribution in [0.25, 0.3) is 0 Å². The second kappa shape index (κ2) is 8.28. The van der Waals surface area contributed by atoms with Crippen LogP contribution in [0.15, 0.2) is 65.8 Å². The summed E-state index contributed by atoms with van der Waals surface area (Å²) in [6, 6.07) is 19.7. The zero-order valence-electron chi connectivity index (χ0n) is 18.0. The molecule has 0 fully saturated rings. The molecule has 0 saturated heterocycles. The van der Waals surface area contributed by atoms with Gasteiger partial charge in [-0.25, -0.2) is 5.01 Å². The van der Waals surface area contributed by atoms with E-state index in [9.17, 15) is 0 Å². The van der Waals surface area contributed by atoms with Crippen LogP contribution in [0.2, 0.25) is 5.02 Å². The molecule has 32 heavy (non-hydrogen) atoms. The Morgan fingerprint density at radius 3 is 2.34 bits per heavy atom. The quantitative estimate of drug-likeness (QED) is 0.505. The van der Waals surface area contributed by atoms with Gasteiger partial charge in [-0.05, 0) is 35.9 Å². The van der Waals surface area contributed by atoms with Gasteiger partial charge in [0.05, 0.1) is 38.6 Å². The first-order chi connectivity index (χ1) is 15.6. The van der Waals surface area contributed by atoms with Gasteiger partial charge in [0.25, 0.3) is 0 Å². The molecule has 6 nitrogen and oxygen atoms in total. The predicted molar refractivity (Wildman–Crippen MR) is 123 cm³/mol. The van der Waals surface area contributed by atoms with Gasteiger partial charge in [-0.2, -0.15) is 5.10 Å². The Bertz CT molecular complexity index is 1180. The summed E-state index contributed by atoms with van der Waals surface area (Å²) >= 11 is 6.09. The Hall–Kier alpha value is -3.38. The van der Waals surface area contributed by atoms with Crippen LogP contribution in [-0.4, -0.2) is 32.0 Å². The molecule has 2 atom stereocenters. The monoisotopic (exact) mass is 450 g/mol. The Labute approximate surface area is 191 Å². The fraction of sp³-hybridized carbons (Fsp3) is 0.240. The molecule has 2 aliphatic rings. The van der Waals surface area contributed by atoms with Crippen LogP contribution in [0.3, 0.4) is 0 Å². The molecule has 3 aromatic rings. The molecular weight excluding hydrogens is 428 g/mol. The van der Waals surface area contributed by atoms with Crippen molar-refractivity contribution in [1.29, 1.82) is 0 Å². The largest absolute Gasteiger partial charge is 0.493 e. The molecule has 0 spiro atoms. The van der Waals surface area contributed by atoms with Gasteiger partial charge in [0.1, 0.15) is 5.75 Å². The zero-order valence-corrected chi connectivity index (χ0v) is 18.8. The first kappa shape index (κ1) is 20.5. The van der Waals surface area contributed by atoms with Crippen LogP contribution in [0.5, 0.6) is 23.0 Å². The minimum absolute atomic E-state index is 0.0356. The molecule has 0 aliphatic carbocycles. The summed E-state index contributed by atoms with van der Waals surface area (Å²) < 4.78 is 23.3. The third-order valence-corrected chi connectivity index (χ3v) is 6.13. The van der Waals surface area contributed by atoms with Crippen molar-refractivity contribution in [2.75, 3.05) is 21.3 Å². The molecule has 0 amide bonds. The molecule has 7 heteroatoms. The lowest BCUT2D eigenvalue weighted by atomic mass is 9.96. The number of benzene rings is 3. The maximum atomic E-state index is 6.47. The number of hydrogen-bond acceptors (Lipinski definition) is 6. The molecule has 0 saturated carbocycles. The van der Waals surface area contributed by atoms with Crippen molar-refractivity contribution in [2.24, 2.45) is 5.10 Å². The van der Waals surface area contributed by atoms with Crippen molar-refractivity contribution < 1.29 is 18.9 Å². The van der Waals surface area contributed by atoms with E-state index in [1.54, 1.807) is 21.3 Å². The molecular formula is C25H23ClN2O4. The summed E-state index contributed by atoms with van der Waals surface area (Å²) in [5, 5.41) is 7.71. The molecule has 0 unspecified atom stereocenters. The molecule has 0 bridgehead atoms. The molecule has 2 aliphatic heterocycles. The van der Waals surface area contributed by atoms with E-state index in [1.165, 1.54) is 0 Å². The third-order valence-electron chi connectivity index (χ3n) is 5.88. The van der Waals surface area contributed by atoms with E-state index in [-0.39, 0.29) is 6.04 Å². The number of ether oxygens (including phenoxy) is 4. The van der Waals surface area contributed by atoms with Gasteiger partial charge in [0, 0.05) is 17.0 Å². The van der Waals surface area contributed by atoms with E-state index in [0.717, 1.165) is 34.6 Å². The van der Waals surface area contributed by atoms with Crippen molar-refractivity contribution in [2.45, 2.75) is 18.7 Å². The fourth-order valence-electron chi connectivity index (χ4n) is 4.38. The Morgan fingerprint density at radius 1 is 0.875 bits per heavy atom. The second-order valence-corrected chi connectivity index (χ2v) is 8.02. The highest BCUT2D eigenvalue weighted by molar-refractivity contribution is 6.30. The number of hydrazone groups is 1. The molecule has 164 valence electrons. The SMILES string of the molecule is COc1ccc([C@@H]2Oc3ccccc3[C@@H]3CC(c4ccc(Cl)cc4)=NN32)c(OC)c1OC. The van der Waals surface area contributed by atoms with Crippen molar-refractivity contribution in [3.63, 3.8) is 0 Å². The number of halogens is 1. The van der Waals surface area contributed by atoms with Crippen LogP contribution in [0, 0.1) is 0 Å². The minimum Gasteiger partial charge on any atom is -0.493 e. The predicted octanol–water partition coefficient (Wildman–Crippen LogP) is 5.61. The fourth-order valence-corrected chi connectivity index (χ4v) is 4.50. The summed E-state index contributed by atoms with van der Waals surface area (Å²) in [5.41, 5.74) is 3.94. The average Bonchev–Trinajstić information content (AvgIpc) is 3.28. The van der Waals surface area contributed by atoms with Crippen LogP contribution >= 0.6 is 11.6 Å². The highest BCUT2D eigenvalue weighted by Crippen LogP contribution is 2.51. The van der Waals surface area contributed by atoms with Crippen LogP contribution < -0.4 is 18.9 Å². The summed E-state index contributed by atoms with van der Waals surface area (Å²) in [4.78, 5) is 0. The first-order valence-corrected chi connectivity index (χ1v) is 10.7. The van der Waals surface area contributed by atoms with Crippen molar-refractivity contribution >= 4 is 17.3 Å². The second-order valence-electron chi connectivity index (χ2n) is 7.59. The Balaban J connectivity index is 1.63. The van der Waals surface area contributed by atoms with E-state index >= 15 is 0 Å². The lowest BCUT2D eigenvalue weighted by molar-refractivity contribution is -0.0205. The highest BCUT2D eigenvalue weighted by atomic mass is 35.5. The van der Waals surface area contributed by atoms with Gasteiger partial charge in [0.2, 0.25) is 12.0 Å². The number of para-hydroxylation sites is 1. The van der Waals surface area contributed by atoms with E-state index in [2.05, 4.69) is 6.07 Å². The van der Waals surface area contributed by atoms with Crippen LogP contribution in [0.4, 0.5) is 0 Å². The molecule has 0 radical (unpaired) electrons. The number of hydrogen-bond donors (Lipinski definition) is 0. The first-order valence-electron chi connectivity index (χ1n) is 10.3. The summed E-state index contributed by atoms with van der Waals surface area (Å²) in [7, 11) is 4.81. The van der Waals surface area contributed by atoms with E-state index in [0.29, 0.717) is 22.3 Å². The van der Waals surface area contributed by atoms with Crippen molar-refractivity contribution in [1.82, 2.24) is 5.01 Å². The zero-order chi connectivity index (χ0) is 22.2. The van der Waals surface area contributed by atoms with Gasteiger partial charge < -0.3 is 18.9 Å². The number of nitrogens with zero attached hydrogens (tertiary/aromatic N) is 2. The van der Waals surface area contributed by atoms with Gasteiger partial charge >= 0.3 is 0 Å². The normalized spacial score (nSPS) is 18.9. The average molecular weight is 451 g/mol. The van der Waals surface area contributed by atoms with Gasteiger partial charge in [0.15, 0.2) is 11.5 Å². The summed E-state index contributed by atoms with van der Waals surface area (Å²) in [6.07, 6.45) is 0.267. The maximum Gasteiger partial charge on any atom is 0.217 e. The lowest BCUT2D eigenvalue weighted by Gasteiger charge is -2.38. The molecule has 0 N–H and O–H groups in total. The minimum atomic E-state index is -0.491. The number of methoxy groups -OCH3 is 3. The Morgan fingerprint density at radius 2 is 1.62 bits per heavy atom. The molecule has 3 aromatic carbocycles. The summed E-state index contributed by atoms with van der Waals surface area (Å²) in [5.74, 6) is 2.51. The maximum absolute atomic E-state index is 6.47. The lowest BCUT2D eigenvalue weighted by Crippen LogP contribution is -2.34. The van der Waals surface area contributed by atoms with Gasteiger partial charge in [-0.3, -0.25) is 0 Å².